The number of amides is 4. The number of rotatable bonds is 7. The molecule has 2 aliphatic heterocycles. The molecule has 4 amide bonds. The fraction of sp³-hybridized carbons (Fsp3) is 0.300. The maximum Gasteiger partial charge on any atom is 0.334 e. The summed E-state index contributed by atoms with van der Waals surface area (Å²) in [5.74, 6) is -0.372. The predicted molar refractivity (Wildman–Crippen MR) is 156 cm³/mol. The van der Waals surface area contributed by atoms with Crippen LogP contribution in [0.15, 0.2) is 72.8 Å². The molecule has 41 heavy (non-hydrogen) atoms. The molecule has 0 radical (unpaired) electrons. The average Bonchev–Trinajstić information content (AvgIpc) is 2.96. The second-order valence-corrected chi connectivity index (χ2v) is 10.9. The summed E-state index contributed by atoms with van der Waals surface area (Å²) in [4.78, 5) is 44.5. The Kier molecular flexibility index (Phi) is 8.68. The number of halogens is 2. The highest BCUT2D eigenvalue weighted by Gasteiger charge is 2.51. The lowest BCUT2D eigenvalue weighted by molar-refractivity contribution is -0.190. The lowest BCUT2D eigenvalue weighted by Crippen LogP contribution is -2.76. The second-order valence-electron chi connectivity index (χ2n) is 10.1. The van der Waals surface area contributed by atoms with Gasteiger partial charge in [0.25, 0.3) is 0 Å². The van der Waals surface area contributed by atoms with Crippen LogP contribution in [0.3, 0.4) is 0 Å². The number of carbonyl (C=O) groups excluding carboxylic acids is 3. The van der Waals surface area contributed by atoms with Crippen molar-refractivity contribution < 1.29 is 19.5 Å². The van der Waals surface area contributed by atoms with Crippen LogP contribution in [-0.2, 0) is 29.1 Å². The van der Waals surface area contributed by atoms with Crippen molar-refractivity contribution in [2.45, 2.75) is 38.6 Å². The zero-order chi connectivity index (χ0) is 29.1. The molecule has 0 unspecified atom stereocenters. The molecule has 0 aliphatic carbocycles. The van der Waals surface area contributed by atoms with Gasteiger partial charge in [-0.05, 0) is 41.0 Å². The van der Waals surface area contributed by atoms with Crippen molar-refractivity contribution in [3.8, 4) is 5.75 Å². The number of nitrogens with one attached hydrogen (secondary N) is 1. The third kappa shape index (κ3) is 6.27. The van der Waals surface area contributed by atoms with Crippen LogP contribution in [0.5, 0.6) is 5.75 Å². The van der Waals surface area contributed by atoms with Gasteiger partial charge in [0, 0.05) is 36.1 Å². The van der Waals surface area contributed by atoms with Crippen molar-refractivity contribution in [3.63, 3.8) is 0 Å². The number of fused-ring (bicyclic) bond motifs is 1. The molecule has 2 heterocycles. The standard InChI is InChI=1S/C30H31Cl2N5O4/c1-2-35-19-28(39)36-26(14-20-8-12-24(38)13-9-20)29(40)34(17-22-10-11-23(31)15-25(22)32)18-27(36)37(35)30(41)33-16-21-6-4-3-5-7-21/h3-13,15,26-27,38H,2,14,16-19H2,1H3,(H,33,41)/t26-,27-/m0/s1. The van der Waals surface area contributed by atoms with E-state index < -0.39 is 12.2 Å². The number of likely N-dealkylation sites (N-methyl/N-ethyl adjacent to an activating group) is 1. The number of benzene rings is 3. The lowest BCUT2D eigenvalue weighted by atomic mass is 9.98. The van der Waals surface area contributed by atoms with Crippen molar-refractivity contribution in [2.24, 2.45) is 0 Å². The first-order valence-corrected chi connectivity index (χ1v) is 14.2. The van der Waals surface area contributed by atoms with E-state index in [1.54, 1.807) is 62.3 Å². The molecule has 2 atom stereocenters. The van der Waals surface area contributed by atoms with Crippen LogP contribution >= 0.6 is 23.2 Å². The zero-order valence-electron chi connectivity index (χ0n) is 22.5. The van der Waals surface area contributed by atoms with Gasteiger partial charge in [-0.1, -0.05) is 78.7 Å². The molecule has 0 saturated carbocycles. The Morgan fingerprint density at radius 3 is 2.41 bits per heavy atom. The van der Waals surface area contributed by atoms with Crippen LogP contribution < -0.4 is 5.32 Å². The van der Waals surface area contributed by atoms with E-state index in [4.69, 9.17) is 23.2 Å². The van der Waals surface area contributed by atoms with E-state index in [2.05, 4.69) is 5.32 Å². The Labute approximate surface area is 248 Å². The van der Waals surface area contributed by atoms with Gasteiger partial charge in [0.15, 0.2) is 0 Å². The third-order valence-corrected chi connectivity index (χ3v) is 8.02. The minimum absolute atomic E-state index is 0.0336. The van der Waals surface area contributed by atoms with Crippen LogP contribution in [0.4, 0.5) is 4.79 Å². The zero-order valence-corrected chi connectivity index (χ0v) is 24.1. The number of aromatic hydroxyl groups is 1. The molecule has 5 rings (SSSR count). The number of carbonyl (C=O) groups is 3. The molecule has 11 heteroatoms. The topological polar surface area (TPSA) is 96.4 Å². The van der Waals surface area contributed by atoms with Gasteiger partial charge in [-0.25, -0.2) is 14.8 Å². The monoisotopic (exact) mass is 595 g/mol. The average molecular weight is 597 g/mol. The number of phenols is 1. The quantitative estimate of drug-likeness (QED) is 0.425. The summed E-state index contributed by atoms with van der Waals surface area (Å²) in [6, 6.07) is 20.0. The van der Waals surface area contributed by atoms with E-state index >= 15 is 0 Å². The maximum absolute atomic E-state index is 14.0. The Bertz CT molecular complexity index is 1420. The fourth-order valence-electron chi connectivity index (χ4n) is 5.37. The first-order valence-electron chi connectivity index (χ1n) is 13.4. The summed E-state index contributed by atoms with van der Waals surface area (Å²) in [6.07, 6.45) is -0.518. The van der Waals surface area contributed by atoms with Crippen molar-refractivity contribution in [3.05, 3.63) is 99.5 Å². The number of hydrogen-bond acceptors (Lipinski definition) is 5. The van der Waals surface area contributed by atoms with Crippen LogP contribution in [0.1, 0.15) is 23.6 Å². The van der Waals surface area contributed by atoms with Crippen LogP contribution in [0, 0.1) is 0 Å². The molecule has 2 saturated heterocycles. The molecule has 0 spiro atoms. The molecular formula is C30H31Cl2N5O4. The van der Waals surface area contributed by atoms with E-state index in [1.807, 2.05) is 37.3 Å². The van der Waals surface area contributed by atoms with E-state index in [-0.39, 0.29) is 49.7 Å². The smallest absolute Gasteiger partial charge is 0.334 e. The van der Waals surface area contributed by atoms with Gasteiger partial charge in [0.1, 0.15) is 18.0 Å². The Balaban J connectivity index is 1.49. The second kappa shape index (κ2) is 12.4. The summed E-state index contributed by atoms with van der Waals surface area (Å²) < 4.78 is 0. The van der Waals surface area contributed by atoms with Gasteiger partial charge in [0.05, 0.1) is 13.1 Å². The number of hydrogen-bond donors (Lipinski definition) is 2. The molecule has 2 N–H and O–H groups in total. The number of phenolic OH excluding ortho intramolecular Hbond substituents is 1. The highest BCUT2D eigenvalue weighted by molar-refractivity contribution is 6.35. The molecule has 214 valence electrons. The predicted octanol–water partition coefficient (Wildman–Crippen LogP) is 4.27. The Morgan fingerprint density at radius 1 is 1.00 bits per heavy atom. The van der Waals surface area contributed by atoms with Crippen molar-refractivity contribution >= 4 is 41.0 Å². The molecule has 0 bridgehead atoms. The number of urea groups is 1. The largest absolute Gasteiger partial charge is 0.508 e. The number of nitrogens with zero attached hydrogens (tertiary/aromatic N) is 4. The van der Waals surface area contributed by atoms with Crippen LogP contribution in [0.25, 0.3) is 0 Å². The molecule has 3 aromatic rings. The first-order chi connectivity index (χ1) is 19.7. The number of piperazine rings is 1. The fourth-order valence-corrected chi connectivity index (χ4v) is 5.84. The Morgan fingerprint density at radius 2 is 1.73 bits per heavy atom. The molecule has 9 nitrogen and oxygen atoms in total. The van der Waals surface area contributed by atoms with Crippen molar-refractivity contribution in [2.75, 3.05) is 19.6 Å². The Hall–Kier alpha value is -3.79. The van der Waals surface area contributed by atoms with Gasteiger partial charge >= 0.3 is 6.03 Å². The minimum atomic E-state index is -0.861. The minimum Gasteiger partial charge on any atom is -0.508 e. The third-order valence-electron chi connectivity index (χ3n) is 7.43. The normalized spacial score (nSPS) is 19.3. The molecule has 2 fully saturated rings. The highest BCUT2D eigenvalue weighted by Crippen LogP contribution is 2.31. The van der Waals surface area contributed by atoms with Crippen molar-refractivity contribution in [1.29, 1.82) is 0 Å². The molecular weight excluding hydrogens is 565 g/mol. The summed E-state index contributed by atoms with van der Waals surface area (Å²) in [5.41, 5.74) is 2.42. The van der Waals surface area contributed by atoms with E-state index in [0.717, 1.165) is 11.1 Å². The van der Waals surface area contributed by atoms with Gasteiger partial charge < -0.3 is 20.2 Å². The first kappa shape index (κ1) is 28.7. The molecule has 2 aliphatic rings. The lowest BCUT2D eigenvalue weighted by Gasteiger charge is -2.55. The number of hydrazine groups is 1. The van der Waals surface area contributed by atoms with E-state index in [1.165, 1.54) is 0 Å². The van der Waals surface area contributed by atoms with Gasteiger partial charge in [0.2, 0.25) is 11.8 Å². The summed E-state index contributed by atoms with van der Waals surface area (Å²) in [6.45, 7) is 2.88. The highest BCUT2D eigenvalue weighted by atomic mass is 35.5. The van der Waals surface area contributed by atoms with E-state index in [0.29, 0.717) is 28.7 Å². The summed E-state index contributed by atoms with van der Waals surface area (Å²) in [7, 11) is 0. The summed E-state index contributed by atoms with van der Waals surface area (Å²) >= 11 is 12.6. The van der Waals surface area contributed by atoms with E-state index in [9.17, 15) is 19.5 Å². The van der Waals surface area contributed by atoms with Gasteiger partial charge in [-0.2, -0.15) is 0 Å². The van der Waals surface area contributed by atoms with Crippen LogP contribution in [-0.4, -0.2) is 74.6 Å². The van der Waals surface area contributed by atoms with Gasteiger partial charge in [-0.3, -0.25) is 9.59 Å². The summed E-state index contributed by atoms with van der Waals surface area (Å²) in [5, 5.41) is 16.9. The van der Waals surface area contributed by atoms with Gasteiger partial charge in [-0.15, -0.1) is 0 Å². The van der Waals surface area contributed by atoms with Crippen molar-refractivity contribution in [1.82, 2.24) is 25.1 Å². The van der Waals surface area contributed by atoms with Crippen LogP contribution in [0.2, 0.25) is 10.0 Å². The SMILES string of the molecule is CCN1CC(=O)N2[C@@H](Cc3ccc(O)cc3)C(=O)N(Cc3ccc(Cl)cc3Cl)C[C@@H]2N1C(=O)NCc1ccccc1. The molecule has 0 aromatic heterocycles. The maximum atomic E-state index is 14.0. The molecule has 3 aromatic carbocycles.